The molecule has 4 heteroatoms. The molecule has 1 aliphatic rings. The number of hydrogen-bond donors (Lipinski definition) is 2. The summed E-state index contributed by atoms with van der Waals surface area (Å²) in [6.45, 7) is 1.81. The molecule has 3 rings (SSSR count). The molecule has 0 radical (unpaired) electrons. The SMILES string of the molecule is Cl.O=C(Cc1cccc2ccccc12)NCC1CCCN1. The average molecular weight is 305 g/mol. The standard InChI is InChI=1S/C17H20N2O.ClH/c20-17(19-12-15-8-4-10-18-15)11-14-7-3-6-13-5-1-2-9-16(13)14;/h1-3,5-7,9,15,18H,4,8,10-12H2,(H,19,20);1H. The Bertz CT molecular complexity index is 603. The largest absolute Gasteiger partial charge is 0.354 e. The molecular weight excluding hydrogens is 284 g/mol. The molecule has 0 spiro atoms. The summed E-state index contributed by atoms with van der Waals surface area (Å²) in [6.07, 6.45) is 2.83. The van der Waals surface area contributed by atoms with Gasteiger partial charge in [0.1, 0.15) is 0 Å². The first-order valence-electron chi connectivity index (χ1n) is 7.29. The van der Waals surface area contributed by atoms with Crippen molar-refractivity contribution >= 4 is 29.1 Å². The topological polar surface area (TPSA) is 41.1 Å². The second-order valence-electron chi connectivity index (χ2n) is 5.41. The van der Waals surface area contributed by atoms with Gasteiger partial charge in [0.2, 0.25) is 5.91 Å². The Morgan fingerprint density at radius 2 is 2.00 bits per heavy atom. The summed E-state index contributed by atoms with van der Waals surface area (Å²) in [7, 11) is 0. The zero-order chi connectivity index (χ0) is 13.8. The van der Waals surface area contributed by atoms with Crippen LogP contribution in [0.2, 0.25) is 0 Å². The van der Waals surface area contributed by atoms with E-state index in [9.17, 15) is 4.79 Å². The molecule has 112 valence electrons. The van der Waals surface area contributed by atoms with Crippen LogP contribution in [-0.2, 0) is 11.2 Å². The first-order valence-corrected chi connectivity index (χ1v) is 7.29. The maximum atomic E-state index is 12.1. The lowest BCUT2D eigenvalue weighted by molar-refractivity contribution is -0.120. The molecule has 21 heavy (non-hydrogen) atoms. The van der Waals surface area contributed by atoms with Crippen molar-refractivity contribution < 1.29 is 4.79 Å². The summed E-state index contributed by atoms with van der Waals surface area (Å²) in [5, 5.41) is 8.79. The van der Waals surface area contributed by atoms with Crippen LogP contribution in [0.3, 0.4) is 0 Å². The van der Waals surface area contributed by atoms with Crippen LogP contribution in [0, 0.1) is 0 Å². The molecule has 1 aliphatic heterocycles. The van der Waals surface area contributed by atoms with Gasteiger partial charge in [-0.1, -0.05) is 42.5 Å². The first-order chi connectivity index (χ1) is 9.83. The number of hydrogen-bond acceptors (Lipinski definition) is 2. The van der Waals surface area contributed by atoms with Gasteiger partial charge < -0.3 is 10.6 Å². The third-order valence-electron chi connectivity index (χ3n) is 3.94. The van der Waals surface area contributed by atoms with E-state index in [1.807, 2.05) is 24.3 Å². The van der Waals surface area contributed by atoms with E-state index in [2.05, 4.69) is 28.8 Å². The summed E-state index contributed by atoms with van der Waals surface area (Å²) >= 11 is 0. The summed E-state index contributed by atoms with van der Waals surface area (Å²) in [6, 6.07) is 14.8. The fraction of sp³-hybridized carbons (Fsp3) is 0.353. The lowest BCUT2D eigenvalue weighted by atomic mass is 10.0. The van der Waals surface area contributed by atoms with Gasteiger partial charge in [0.25, 0.3) is 0 Å². The fourth-order valence-corrected chi connectivity index (χ4v) is 2.85. The van der Waals surface area contributed by atoms with Gasteiger partial charge in [-0.2, -0.15) is 0 Å². The molecule has 1 atom stereocenters. The molecule has 2 aromatic carbocycles. The Balaban J connectivity index is 0.00000161. The number of amides is 1. The fourth-order valence-electron chi connectivity index (χ4n) is 2.85. The minimum atomic E-state index is 0. The molecule has 1 amide bonds. The summed E-state index contributed by atoms with van der Waals surface area (Å²) in [5.41, 5.74) is 1.10. The minimum absolute atomic E-state index is 0. The van der Waals surface area contributed by atoms with Crippen LogP contribution in [0.5, 0.6) is 0 Å². The number of carbonyl (C=O) groups excluding carboxylic acids is 1. The summed E-state index contributed by atoms with van der Waals surface area (Å²) in [5.74, 6) is 0.107. The van der Waals surface area contributed by atoms with Crippen molar-refractivity contribution in [3.05, 3.63) is 48.0 Å². The van der Waals surface area contributed by atoms with E-state index in [0.717, 1.165) is 25.1 Å². The van der Waals surface area contributed by atoms with E-state index in [1.54, 1.807) is 0 Å². The van der Waals surface area contributed by atoms with Crippen LogP contribution in [-0.4, -0.2) is 25.0 Å². The molecule has 0 bridgehead atoms. The molecular formula is C17H21ClN2O. The van der Waals surface area contributed by atoms with Gasteiger partial charge in [-0.05, 0) is 35.7 Å². The summed E-state index contributed by atoms with van der Waals surface area (Å²) in [4.78, 5) is 12.1. The van der Waals surface area contributed by atoms with Crippen molar-refractivity contribution in [1.29, 1.82) is 0 Å². The third kappa shape index (κ3) is 3.96. The molecule has 1 heterocycles. The smallest absolute Gasteiger partial charge is 0.224 e. The first kappa shape index (κ1) is 15.8. The van der Waals surface area contributed by atoms with Crippen LogP contribution in [0.1, 0.15) is 18.4 Å². The van der Waals surface area contributed by atoms with E-state index in [-0.39, 0.29) is 18.3 Å². The highest BCUT2D eigenvalue weighted by Crippen LogP contribution is 2.18. The molecule has 1 saturated heterocycles. The number of benzene rings is 2. The second-order valence-corrected chi connectivity index (χ2v) is 5.41. The van der Waals surface area contributed by atoms with Crippen LogP contribution < -0.4 is 10.6 Å². The van der Waals surface area contributed by atoms with Crippen LogP contribution in [0.4, 0.5) is 0 Å². The number of carbonyl (C=O) groups is 1. The summed E-state index contributed by atoms with van der Waals surface area (Å²) < 4.78 is 0. The molecule has 1 unspecified atom stereocenters. The van der Waals surface area contributed by atoms with Gasteiger partial charge in [0, 0.05) is 12.6 Å². The van der Waals surface area contributed by atoms with E-state index in [0.29, 0.717) is 12.5 Å². The van der Waals surface area contributed by atoms with Crippen molar-refractivity contribution in [1.82, 2.24) is 10.6 Å². The Hall–Kier alpha value is -1.58. The van der Waals surface area contributed by atoms with Crippen LogP contribution >= 0.6 is 12.4 Å². The molecule has 2 aromatic rings. The van der Waals surface area contributed by atoms with E-state index in [4.69, 9.17) is 0 Å². The quantitative estimate of drug-likeness (QED) is 0.912. The maximum Gasteiger partial charge on any atom is 0.224 e. The Labute approximate surface area is 131 Å². The highest BCUT2D eigenvalue weighted by Gasteiger charge is 2.15. The van der Waals surface area contributed by atoms with Gasteiger partial charge in [-0.3, -0.25) is 4.79 Å². The van der Waals surface area contributed by atoms with Crippen LogP contribution in [0.15, 0.2) is 42.5 Å². The molecule has 0 saturated carbocycles. The van der Waals surface area contributed by atoms with E-state index in [1.165, 1.54) is 17.2 Å². The monoisotopic (exact) mass is 304 g/mol. The van der Waals surface area contributed by atoms with Gasteiger partial charge in [0.05, 0.1) is 6.42 Å². The maximum absolute atomic E-state index is 12.1. The van der Waals surface area contributed by atoms with Gasteiger partial charge in [-0.15, -0.1) is 12.4 Å². The Kier molecular flexibility index (Phi) is 5.59. The Morgan fingerprint density at radius 3 is 2.81 bits per heavy atom. The molecule has 2 N–H and O–H groups in total. The second kappa shape index (κ2) is 7.43. The van der Waals surface area contributed by atoms with Crippen molar-refractivity contribution in [2.45, 2.75) is 25.3 Å². The van der Waals surface area contributed by atoms with Crippen molar-refractivity contribution in [2.24, 2.45) is 0 Å². The van der Waals surface area contributed by atoms with Crippen molar-refractivity contribution in [3.63, 3.8) is 0 Å². The highest BCUT2D eigenvalue weighted by molar-refractivity contribution is 5.90. The van der Waals surface area contributed by atoms with Crippen molar-refractivity contribution in [2.75, 3.05) is 13.1 Å². The van der Waals surface area contributed by atoms with Gasteiger partial charge in [0.15, 0.2) is 0 Å². The zero-order valence-electron chi connectivity index (χ0n) is 12.0. The lowest BCUT2D eigenvalue weighted by Gasteiger charge is -2.12. The highest BCUT2D eigenvalue weighted by atomic mass is 35.5. The predicted molar refractivity (Wildman–Crippen MR) is 88.9 cm³/mol. The van der Waals surface area contributed by atoms with E-state index >= 15 is 0 Å². The number of halogens is 1. The van der Waals surface area contributed by atoms with E-state index < -0.39 is 0 Å². The predicted octanol–water partition coefficient (Wildman–Crippen LogP) is 2.67. The number of fused-ring (bicyclic) bond motifs is 1. The van der Waals surface area contributed by atoms with Crippen molar-refractivity contribution in [3.8, 4) is 0 Å². The average Bonchev–Trinajstić information content (AvgIpc) is 2.99. The van der Waals surface area contributed by atoms with Gasteiger partial charge in [-0.25, -0.2) is 0 Å². The molecule has 3 nitrogen and oxygen atoms in total. The van der Waals surface area contributed by atoms with Crippen LogP contribution in [0.25, 0.3) is 10.8 Å². The minimum Gasteiger partial charge on any atom is -0.354 e. The normalized spacial score (nSPS) is 17.4. The van der Waals surface area contributed by atoms with Gasteiger partial charge >= 0.3 is 0 Å². The third-order valence-corrected chi connectivity index (χ3v) is 3.94. The molecule has 0 aromatic heterocycles. The molecule has 1 fully saturated rings. The number of nitrogens with one attached hydrogen (secondary N) is 2. The lowest BCUT2D eigenvalue weighted by Crippen LogP contribution is -2.37. The Morgan fingerprint density at radius 1 is 1.19 bits per heavy atom. The molecule has 0 aliphatic carbocycles. The number of rotatable bonds is 4. The zero-order valence-corrected chi connectivity index (χ0v) is 12.8.